The maximum Gasteiger partial charge on any atom is 0.197 e. The molecule has 2 aromatic heterocycles. The summed E-state index contributed by atoms with van der Waals surface area (Å²) >= 11 is 4.64. The molecule has 0 spiro atoms. The Morgan fingerprint density at radius 3 is 3.00 bits per heavy atom. The Labute approximate surface area is 156 Å². The van der Waals surface area contributed by atoms with Gasteiger partial charge in [0.05, 0.1) is 9.99 Å². The molecule has 1 N–H and O–H groups in total. The molecule has 0 aliphatic carbocycles. The Morgan fingerprint density at radius 1 is 1.32 bits per heavy atom. The third kappa shape index (κ3) is 3.28. The Morgan fingerprint density at radius 2 is 2.20 bits per heavy atom. The number of halogens is 2. The Balaban J connectivity index is 1.68. The maximum atomic E-state index is 13.7. The maximum absolute atomic E-state index is 13.7. The second kappa shape index (κ2) is 6.97. The number of nitrogens with one attached hydrogen (secondary N) is 1. The molecular formula is C16H16BrFN6S. The highest BCUT2D eigenvalue weighted by atomic mass is 79.9. The van der Waals surface area contributed by atoms with Crippen molar-refractivity contribution < 1.29 is 4.39 Å². The second-order valence-electron chi connectivity index (χ2n) is 6.01. The molecule has 0 radical (unpaired) electrons. The quantitative estimate of drug-likeness (QED) is 0.653. The van der Waals surface area contributed by atoms with E-state index >= 15 is 0 Å². The summed E-state index contributed by atoms with van der Waals surface area (Å²) in [7, 11) is 1.98. The molecule has 1 fully saturated rings. The fourth-order valence-corrected chi connectivity index (χ4v) is 4.24. The van der Waals surface area contributed by atoms with Crippen molar-refractivity contribution in [2.45, 2.75) is 28.9 Å². The average molecular weight is 423 g/mol. The molecule has 1 atom stereocenters. The number of benzene rings is 1. The van der Waals surface area contributed by atoms with E-state index in [0.29, 0.717) is 15.9 Å². The molecule has 4 rings (SSSR count). The van der Waals surface area contributed by atoms with Gasteiger partial charge in [-0.3, -0.25) is 0 Å². The molecule has 1 unspecified atom stereocenters. The molecule has 25 heavy (non-hydrogen) atoms. The lowest BCUT2D eigenvalue weighted by Gasteiger charge is -2.21. The highest BCUT2D eigenvalue weighted by Gasteiger charge is 2.22. The van der Waals surface area contributed by atoms with E-state index in [0.717, 1.165) is 47.3 Å². The van der Waals surface area contributed by atoms with Crippen molar-refractivity contribution in [2.24, 2.45) is 7.05 Å². The Bertz CT molecular complexity index is 924. The van der Waals surface area contributed by atoms with Crippen molar-refractivity contribution in [2.75, 3.05) is 13.1 Å². The van der Waals surface area contributed by atoms with Crippen LogP contribution in [-0.4, -0.2) is 37.8 Å². The van der Waals surface area contributed by atoms with E-state index in [1.54, 1.807) is 6.07 Å². The predicted octanol–water partition coefficient (Wildman–Crippen LogP) is 3.28. The largest absolute Gasteiger partial charge is 0.316 e. The molecule has 1 aliphatic rings. The van der Waals surface area contributed by atoms with Crippen LogP contribution >= 0.6 is 27.7 Å². The lowest BCUT2D eigenvalue weighted by molar-refractivity contribution is 0.436. The van der Waals surface area contributed by atoms with E-state index in [-0.39, 0.29) is 5.82 Å². The zero-order valence-electron chi connectivity index (χ0n) is 13.5. The van der Waals surface area contributed by atoms with Gasteiger partial charge in [-0.05, 0) is 53.1 Å². The van der Waals surface area contributed by atoms with Crippen LogP contribution in [0.25, 0.3) is 10.9 Å². The summed E-state index contributed by atoms with van der Waals surface area (Å²) in [6, 6.07) is 3.11. The summed E-state index contributed by atoms with van der Waals surface area (Å²) < 4.78 is 16.1. The summed E-state index contributed by atoms with van der Waals surface area (Å²) in [5, 5.41) is 14.4. The van der Waals surface area contributed by atoms with Crippen LogP contribution in [0.5, 0.6) is 0 Å². The van der Waals surface area contributed by atoms with E-state index in [2.05, 4.69) is 41.4 Å². The lowest BCUT2D eigenvalue weighted by Crippen LogP contribution is -2.29. The van der Waals surface area contributed by atoms with Gasteiger partial charge in [0.1, 0.15) is 23.0 Å². The minimum Gasteiger partial charge on any atom is -0.316 e. The molecule has 130 valence electrons. The Hall–Kier alpha value is -1.58. The van der Waals surface area contributed by atoms with Crippen molar-refractivity contribution in [1.82, 2.24) is 30.0 Å². The van der Waals surface area contributed by atoms with Gasteiger partial charge in [0.15, 0.2) is 5.16 Å². The van der Waals surface area contributed by atoms with Crippen LogP contribution in [0.4, 0.5) is 4.39 Å². The molecular weight excluding hydrogens is 407 g/mol. The van der Waals surface area contributed by atoms with E-state index in [9.17, 15) is 4.39 Å². The van der Waals surface area contributed by atoms with Gasteiger partial charge in [0, 0.05) is 31.0 Å². The Kier molecular flexibility index (Phi) is 4.70. The minimum absolute atomic E-state index is 0.340. The van der Waals surface area contributed by atoms with Crippen molar-refractivity contribution in [1.29, 1.82) is 0 Å². The van der Waals surface area contributed by atoms with Crippen molar-refractivity contribution in [3.05, 3.63) is 34.6 Å². The van der Waals surface area contributed by atoms with Gasteiger partial charge in [0.2, 0.25) is 0 Å². The third-order valence-electron chi connectivity index (χ3n) is 4.36. The molecule has 1 saturated heterocycles. The number of hydrogen-bond acceptors (Lipinski definition) is 6. The standard InChI is InChI=1S/C16H16BrFN6S/c1-24-14(9-3-2-4-19-7-9)22-23-16(24)25-15-10-5-11(17)12(18)6-13(10)20-8-21-15/h5-6,8-9,19H,2-4,7H2,1H3. The molecule has 3 heterocycles. The van der Waals surface area contributed by atoms with Gasteiger partial charge in [0.25, 0.3) is 0 Å². The number of rotatable bonds is 3. The van der Waals surface area contributed by atoms with Crippen molar-refractivity contribution in [3.8, 4) is 0 Å². The predicted molar refractivity (Wildman–Crippen MR) is 97.2 cm³/mol. The van der Waals surface area contributed by atoms with Crippen LogP contribution in [0.2, 0.25) is 0 Å². The van der Waals surface area contributed by atoms with Crippen LogP contribution in [0, 0.1) is 5.82 Å². The fraction of sp³-hybridized carbons (Fsp3) is 0.375. The normalized spacial score (nSPS) is 18.0. The first-order valence-corrected chi connectivity index (χ1v) is 9.62. The van der Waals surface area contributed by atoms with Gasteiger partial charge in [-0.25, -0.2) is 14.4 Å². The second-order valence-corrected chi connectivity index (χ2v) is 7.82. The lowest BCUT2D eigenvalue weighted by atomic mass is 9.99. The zero-order valence-corrected chi connectivity index (χ0v) is 15.9. The topological polar surface area (TPSA) is 68.5 Å². The van der Waals surface area contributed by atoms with E-state index in [4.69, 9.17) is 0 Å². The van der Waals surface area contributed by atoms with Gasteiger partial charge in [-0.1, -0.05) is 0 Å². The van der Waals surface area contributed by atoms with E-state index in [1.165, 1.54) is 24.2 Å². The summed E-state index contributed by atoms with van der Waals surface area (Å²) in [5.74, 6) is 1.03. The van der Waals surface area contributed by atoms with Crippen LogP contribution in [0.3, 0.4) is 0 Å². The molecule has 0 bridgehead atoms. The highest BCUT2D eigenvalue weighted by molar-refractivity contribution is 9.10. The molecule has 1 aliphatic heterocycles. The number of aromatic nitrogens is 5. The first-order chi connectivity index (χ1) is 12.1. The molecule has 6 nitrogen and oxygen atoms in total. The molecule has 9 heteroatoms. The third-order valence-corrected chi connectivity index (χ3v) is 6.02. The number of piperidine rings is 1. The van der Waals surface area contributed by atoms with Crippen LogP contribution in [0.1, 0.15) is 24.6 Å². The van der Waals surface area contributed by atoms with Crippen molar-refractivity contribution >= 4 is 38.6 Å². The summed E-state index contributed by atoms with van der Waals surface area (Å²) in [6.07, 6.45) is 3.71. The van der Waals surface area contributed by atoms with Gasteiger partial charge >= 0.3 is 0 Å². The van der Waals surface area contributed by atoms with E-state index < -0.39 is 0 Å². The van der Waals surface area contributed by atoms with Crippen LogP contribution in [0.15, 0.2) is 33.1 Å². The summed E-state index contributed by atoms with van der Waals surface area (Å²) in [6.45, 7) is 1.99. The monoisotopic (exact) mass is 422 g/mol. The van der Waals surface area contributed by atoms with Crippen LogP contribution in [-0.2, 0) is 7.05 Å². The molecule has 0 amide bonds. The van der Waals surface area contributed by atoms with Gasteiger partial charge in [-0.15, -0.1) is 10.2 Å². The number of nitrogens with zero attached hydrogens (tertiary/aromatic N) is 5. The summed E-state index contributed by atoms with van der Waals surface area (Å²) in [5.41, 5.74) is 0.567. The smallest absolute Gasteiger partial charge is 0.197 e. The minimum atomic E-state index is -0.340. The molecule has 0 saturated carbocycles. The summed E-state index contributed by atoms with van der Waals surface area (Å²) in [4.78, 5) is 8.50. The highest BCUT2D eigenvalue weighted by Crippen LogP contribution is 2.33. The average Bonchev–Trinajstić information content (AvgIpc) is 2.98. The molecule has 1 aromatic carbocycles. The molecule has 3 aromatic rings. The van der Waals surface area contributed by atoms with E-state index in [1.807, 2.05) is 11.6 Å². The number of hydrogen-bond donors (Lipinski definition) is 1. The first-order valence-electron chi connectivity index (χ1n) is 8.01. The number of fused-ring (bicyclic) bond motifs is 1. The van der Waals surface area contributed by atoms with Gasteiger partial charge < -0.3 is 9.88 Å². The zero-order chi connectivity index (χ0) is 17.4. The van der Waals surface area contributed by atoms with Gasteiger partial charge in [-0.2, -0.15) is 0 Å². The fourth-order valence-electron chi connectivity index (χ4n) is 3.04. The van der Waals surface area contributed by atoms with Crippen LogP contribution < -0.4 is 5.32 Å². The SMILES string of the molecule is Cn1c(Sc2ncnc3cc(F)c(Br)cc23)nnc1C1CCCNC1. The first kappa shape index (κ1) is 16.9. The van der Waals surface area contributed by atoms with Crippen molar-refractivity contribution in [3.63, 3.8) is 0 Å².